The number of alkyl halides is 7. The highest BCUT2D eigenvalue weighted by Crippen LogP contribution is 2.68. The van der Waals surface area contributed by atoms with E-state index in [0.717, 1.165) is 6.42 Å². The molecule has 0 spiro atoms. The summed E-state index contributed by atoms with van der Waals surface area (Å²) in [5, 5.41) is 0. The van der Waals surface area contributed by atoms with Crippen LogP contribution in [0, 0.1) is 0 Å². The van der Waals surface area contributed by atoms with Gasteiger partial charge in [0.25, 0.3) is 0 Å². The maximum absolute atomic E-state index is 3.76. The lowest BCUT2D eigenvalue weighted by atomic mass is 9.92. The zero-order valence-electron chi connectivity index (χ0n) is 7.51. The van der Waals surface area contributed by atoms with E-state index in [-0.39, 0.29) is 7.56 Å². The molecule has 0 nitrogen and oxygen atoms in total. The molecule has 0 amide bonds. The van der Waals surface area contributed by atoms with Crippen LogP contribution in [0.1, 0.15) is 13.3 Å². The van der Waals surface area contributed by atoms with Gasteiger partial charge in [-0.15, -0.1) is 0 Å². The molecule has 0 fully saturated rings. The molecule has 0 aliphatic heterocycles. The monoisotopic (exact) mass is 655 g/mol. The van der Waals surface area contributed by atoms with Crippen LogP contribution in [0.2, 0.25) is 0 Å². The van der Waals surface area contributed by atoms with Crippen molar-refractivity contribution in [2.24, 2.45) is 0 Å². The Bertz CT molecular complexity index is 293. The molecule has 1 unspecified atom stereocenters. The van der Waals surface area contributed by atoms with Gasteiger partial charge < -0.3 is 0 Å². The topological polar surface area (TPSA) is 0 Å². The number of halogens is 7. The van der Waals surface area contributed by atoms with Crippen molar-refractivity contribution in [3.63, 3.8) is 0 Å². The molecule has 1 aliphatic rings. The molecule has 0 radical (unpaired) electrons. The Hall–Kier alpha value is 3.10. The molecule has 0 aromatic carbocycles. The third-order valence-electron chi connectivity index (χ3n) is 2.41. The summed E-state index contributed by atoms with van der Waals surface area (Å²) in [6.45, 7) is 2.13. The molecule has 0 bridgehead atoms. The summed E-state index contributed by atoms with van der Waals surface area (Å²) >= 11 is 25.9. The number of hydrogen-bond donors (Lipinski definition) is 0. The predicted molar refractivity (Wildman–Crippen MR) is 92.8 cm³/mol. The van der Waals surface area contributed by atoms with Gasteiger partial charge in [0.2, 0.25) is 0 Å². The first-order chi connectivity index (χ1) is 6.52. The molecule has 0 aromatic rings. The van der Waals surface area contributed by atoms with E-state index in [1.807, 2.05) is 0 Å². The maximum Gasteiger partial charge on any atom is 0.136 e. The Morgan fingerprint density at radius 3 is 1.67 bits per heavy atom. The van der Waals surface area contributed by atoms with Gasteiger partial charge in [0.05, 0.1) is 4.32 Å². The van der Waals surface area contributed by atoms with Crippen LogP contribution >= 0.6 is 112 Å². The first kappa shape index (κ1) is 16.2. The van der Waals surface area contributed by atoms with Gasteiger partial charge in [0.15, 0.2) is 0 Å². The number of allylic oxidation sites excluding steroid dienone is 2. The largest absolute Gasteiger partial charge is 0.136 e. The SMILES string of the molecule is CCC1(Br)C=CC(Br)(Br)C(Br)(Br)C1(Br)Br. The maximum atomic E-state index is 3.76. The summed E-state index contributed by atoms with van der Waals surface area (Å²) in [7, 11) is 0. The second kappa shape index (κ2) is 4.89. The van der Waals surface area contributed by atoms with Gasteiger partial charge in [-0.3, -0.25) is 0 Å². The summed E-state index contributed by atoms with van der Waals surface area (Å²) in [5.41, 5.74) is 0. The van der Waals surface area contributed by atoms with E-state index in [0.29, 0.717) is 0 Å². The molecular weight excluding hydrogens is 655 g/mol. The van der Waals surface area contributed by atoms with Crippen LogP contribution in [-0.2, 0) is 0 Å². The first-order valence-electron chi connectivity index (χ1n) is 4.04. The van der Waals surface area contributed by atoms with Gasteiger partial charge in [0.1, 0.15) is 9.70 Å². The van der Waals surface area contributed by atoms with Crippen LogP contribution < -0.4 is 0 Å². The van der Waals surface area contributed by atoms with Crippen LogP contribution in [0.15, 0.2) is 12.2 Å². The third kappa shape index (κ3) is 2.42. The van der Waals surface area contributed by atoms with Crippen LogP contribution in [0.25, 0.3) is 0 Å². The highest BCUT2D eigenvalue weighted by atomic mass is 79.9. The van der Waals surface area contributed by atoms with E-state index in [9.17, 15) is 0 Å². The second-order valence-electron chi connectivity index (χ2n) is 3.32. The van der Waals surface area contributed by atoms with Crippen LogP contribution in [0.4, 0.5) is 0 Å². The summed E-state index contributed by atoms with van der Waals surface area (Å²) in [5.74, 6) is 0. The van der Waals surface area contributed by atoms with Crippen LogP contribution in [0.3, 0.4) is 0 Å². The van der Waals surface area contributed by atoms with E-state index in [1.54, 1.807) is 0 Å². The number of rotatable bonds is 1. The van der Waals surface area contributed by atoms with E-state index in [1.165, 1.54) is 0 Å². The molecule has 15 heavy (non-hydrogen) atoms. The fourth-order valence-corrected chi connectivity index (χ4v) is 6.56. The van der Waals surface area contributed by atoms with Crippen molar-refractivity contribution >= 4 is 112 Å². The molecule has 1 aliphatic carbocycles. The van der Waals surface area contributed by atoms with Crippen molar-refractivity contribution in [1.82, 2.24) is 0 Å². The molecule has 0 aromatic heterocycles. The summed E-state index contributed by atoms with van der Waals surface area (Å²) in [4.78, 5) is 0. The van der Waals surface area contributed by atoms with Crippen LogP contribution in [0.5, 0.6) is 0 Å². The first-order valence-corrected chi connectivity index (χ1v) is 9.60. The Morgan fingerprint density at radius 1 is 0.800 bits per heavy atom. The lowest BCUT2D eigenvalue weighted by molar-refractivity contribution is 0.575. The van der Waals surface area contributed by atoms with Gasteiger partial charge in [-0.05, 0) is 6.42 Å². The molecule has 0 N–H and O–H groups in total. The normalized spacial score (nSPS) is 36.5. The molecule has 1 rings (SSSR count). The minimum atomic E-state index is -0.436. The Balaban J connectivity index is 3.37. The van der Waals surface area contributed by atoms with E-state index < -0.39 is 6.47 Å². The molecule has 88 valence electrons. The van der Waals surface area contributed by atoms with Crippen molar-refractivity contribution in [2.75, 3.05) is 0 Å². The van der Waals surface area contributed by atoms with Crippen molar-refractivity contribution in [3.05, 3.63) is 12.2 Å². The Labute approximate surface area is 149 Å². The average molecular weight is 662 g/mol. The van der Waals surface area contributed by atoms with Crippen molar-refractivity contribution in [3.8, 4) is 0 Å². The molecule has 0 saturated carbocycles. The molecule has 7 heteroatoms. The predicted octanol–water partition coefficient (Wildman–Crippen LogP) is 6.56. The zero-order chi connectivity index (χ0) is 12.1. The number of hydrogen-bond acceptors (Lipinski definition) is 0. The lowest BCUT2D eigenvalue weighted by Crippen LogP contribution is -2.59. The molecule has 1 atom stereocenters. The summed E-state index contributed by atoms with van der Waals surface area (Å²) in [6.07, 6.45) is 5.13. The Kier molecular flexibility index (Phi) is 5.27. The smallest absolute Gasteiger partial charge is 0.0782 e. The summed E-state index contributed by atoms with van der Waals surface area (Å²) < 4.78 is -1.39. The average Bonchev–Trinajstić information content (AvgIpc) is 2.11. The minimum Gasteiger partial charge on any atom is -0.0782 e. The van der Waals surface area contributed by atoms with Crippen LogP contribution in [-0.4, -0.2) is 14.0 Å². The fraction of sp³-hybridized carbons (Fsp3) is 0.750. The highest BCUT2D eigenvalue weighted by Gasteiger charge is 2.66. The van der Waals surface area contributed by atoms with Crippen molar-refractivity contribution < 1.29 is 0 Å². The third-order valence-corrected chi connectivity index (χ3v) is 15.9. The minimum absolute atomic E-state index is 0.183. The van der Waals surface area contributed by atoms with Crippen molar-refractivity contribution in [2.45, 2.75) is 27.4 Å². The van der Waals surface area contributed by atoms with Gasteiger partial charge >= 0.3 is 0 Å². The standard InChI is InChI=1S/C8H7Br7/c1-2-5(9)3-4-6(10,11)8(14,15)7(5,12)13/h3-4H,2H2,1H3. The van der Waals surface area contributed by atoms with Gasteiger partial charge in [-0.1, -0.05) is 131 Å². The molecule has 0 heterocycles. The van der Waals surface area contributed by atoms with Gasteiger partial charge in [-0.2, -0.15) is 0 Å². The van der Waals surface area contributed by atoms with Crippen molar-refractivity contribution in [1.29, 1.82) is 0 Å². The van der Waals surface area contributed by atoms with E-state index in [2.05, 4.69) is 131 Å². The molecule has 0 saturated heterocycles. The quantitative estimate of drug-likeness (QED) is 0.221. The highest BCUT2D eigenvalue weighted by molar-refractivity contribution is 9.33. The second-order valence-corrected chi connectivity index (χ2v) is 15.2. The van der Waals surface area contributed by atoms with E-state index in [4.69, 9.17) is 0 Å². The molecular formula is C8H7Br7. The Morgan fingerprint density at radius 2 is 1.27 bits per heavy atom. The summed E-state index contributed by atoms with van der Waals surface area (Å²) in [6, 6.07) is 0. The zero-order valence-corrected chi connectivity index (χ0v) is 18.6. The van der Waals surface area contributed by atoms with Gasteiger partial charge in [0, 0.05) is 0 Å². The lowest BCUT2D eigenvalue weighted by Gasteiger charge is -2.52. The van der Waals surface area contributed by atoms with Gasteiger partial charge in [-0.25, -0.2) is 0 Å². The van der Waals surface area contributed by atoms with E-state index >= 15 is 0 Å². The fourth-order valence-electron chi connectivity index (χ4n) is 1.26.